The lowest BCUT2D eigenvalue weighted by atomic mass is 9.66. The van der Waals surface area contributed by atoms with Gasteiger partial charge in [-0.1, -0.05) is 58.8 Å². The number of methoxy groups -OCH3 is 1. The third-order valence-corrected chi connectivity index (χ3v) is 6.02. The Morgan fingerprint density at radius 3 is 2.35 bits per heavy atom. The molecule has 0 bridgehead atoms. The van der Waals surface area contributed by atoms with Crippen molar-refractivity contribution in [3.8, 4) is 0 Å². The molecule has 0 aromatic carbocycles. The third-order valence-electron chi connectivity index (χ3n) is 6.02. The molecule has 0 spiro atoms. The van der Waals surface area contributed by atoms with Crippen LogP contribution in [0.5, 0.6) is 0 Å². The van der Waals surface area contributed by atoms with Crippen LogP contribution in [0.2, 0.25) is 0 Å². The van der Waals surface area contributed by atoms with Crippen molar-refractivity contribution in [3.63, 3.8) is 0 Å². The molecule has 2 saturated carbocycles. The van der Waals surface area contributed by atoms with Crippen LogP contribution in [0, 0.1) is 11.8 Å². The van der Waals surface area contributed by atoms with Crippen molar-refractivity contribution in [3.05, 3.63) is 0 Å². The van der Waals surface area contributed by atoms with Crippen molar-refractivity contribution in [1.29, 1.82) is 0 Å². The summed E-state index contributed by atoms with van der Waals surface area (Å²) in [6, 6.07) is 0.572. The zero-order valence-electron chi connectivity index (χ0n) is 13.9. The minimum Gasteiger partial charge on any atom is -0.377 e. The maximum atomic E-state index is 6.18. The van der Waals surface area contributed by atoms with Crippen molar-refractivity contribution < 1.29 is 4.74 Å². The summed E-state index contributed by atoms with van der Waals surface area (Å²) in [4.78, 5) is 0. The number of likely N-dealkylation sites (N-methyl/N-ethyl adjacent to an activating group) is 1. The second-order valence-electron chi connectivity index (χ2n) is 6.98. The number of nitrogens with one attached hydrogen (secondary N) is 1. The predicted molar refractivity (Wildman–Crippen MR) is 86.0 cm³/mol. The maximum Gasteiger partial charge on any atom is 0.0833 e. The van der Waals surface area contributed by atoms with Gasteiger partial charge in [-0.25, -0.2) is 0 Å². The number of hydrogen-bond acceptors (Lipinski definition) is 2. The molecule has 0 heterocycles. The maximum absolute atomic E-state index is 6.18. The van der Waals surface area contributed by atoms with Gasteiger partial charge >= 0.3 is 0 Å². The number of hydrogen-bond donors (Lipinski definition) is 1. The summed E-state index contributed by atoms with van der Waals surface area (Å²) >= 11 is 0. The molecule has 2 nitrogen and oxygen atoms in total. The Balaban J connectivity index is 2.18. The number of rotatable bonds is 6. The normalized spacial score (nSPS) is 31.9. The molecule has 0 aromatic heterocycles. The summed E-state index contributed by atoms with van der Waals surface area (Å²) in [5.41, 5.74) is 0.115. The van der Waals surface area contributed by atoms with E-state index in [1.54, 1.807) is 0 Å². The molecule has 2 fully saturated rings. The molecule has 3 atom stereocenters. The van der Waals surface area contributed by atoms with Crippen molar-refractivity contribution in [2.24, 2.45) is 11.8 Å². The summed E-state index contributed by atoms with van der Waals surface area (Å²) in [6.07, 6.45) is 13.6. The monoisotopic (exact) mass is 281 g/mol. The van der Waals surface area contributed by atoms with Crippen LogP contribution in [0.25, 0.3) is 0 Å². The first kappa shape index (κ1) is 16.3. The molecule has 0 aromatic rings. The van der Waals surface area contributed by atoms with Crippen molar-refractivity contribution >= 4 is 0 Å². The van der Waals surface area contributed by atoms with Crippen molar-refractivity contribution in [2.75, 3.05) is 13.7 Å². The van der Waals surface area contributed by atoms with Gasteiger partial charge in [-0.3, -0.25) is 0 Å². The first-order valence-electron chi connectivity index (χ1n) is 9.06. The molecule has 2 rings (SSSR count). The molecule has 2 heteroatoms. The van der Waals surface area contributed by atoms with Crippen LogP contribution in [0.1, 0.15) is 78.1 Å². The lowest BCUT2D eigenvalue weighted by Gasteiger charge is -2.49. The van der Waals surface area contributed by atoms with Crippen LogP contribution in [0.15, 0.2) is 0 Å². The van der Waals surface area contributed by atoms with Crippen LogP contribution in [0.3, 0.4) is 0 Å². The van der Waals surface area contributed by atoms with Crippen LogP contribution in [-0.2, 0) is 4.74 Å². The van der Waals surface area contributed by atoms with Gasteiger partial charge in [-0.05, 0) is 37.6 Å². The first-order chi connectivity index (χ1) is 9.77. The Hall–Kier alpha value is -0.0800. The first-order valence-corrected chi connectivity index (χ1v) is 9.06. The van der Waals surface area contributed by atoms with E-state index < -0.39 is 0 Å². The highest BCUT2D eigenvalue weighted by molar-refractivity contribution is 5.00. The molecule has 0 saturated heterocycles. The molecule has 0 radical (unpaired) electrons. The Morgan fingerprint density at radius 1 is 1.05 bits per heavy atom. The van der Waals surface area contributed by atoms with E-state index in [9.17, 15) is 0 Å². The molecule has 0 aliphatic heterocycles. The van der Waals surface area contributed by atoms with Gasteiger partial charge in [0, 0.05) is 13.2 Å². The van der Waals surface area contributed by atoms with Crippen LogP contribution in [-0.4, -0.2) is 25.3 Å². The third kappa shape index (κ3) is 3.39. The van der Waals surface area contributed by atoms with E-state index in [2.05, 4.69) is 19.2 Å². The van der Waals surface area contributed by atoms with E-state index in [1.165, 1.54) is 64.2 Å². The predicted octanol–water partition coefficient (Wildman–Crippen LogP) is 4.53. The van der Waals surface area contributed by atoms with Crippen LogP contribution >= 0.6 is 0 Å². The van der Waals surface area contributed by atoms with E-state index in [0.717, 1.165) is 18.4 Å². The fourth-order valence-corrected chi connectivity index (χ4v) is 4.92. The fourth-order valence-electron chi connectivity index (χ4n) is 4.92. The highest BCUT2D eigenvalue weighted by Gasteiger charge is 2.45. The van der Waals surface area contributed by atoms with Gasteiger partial charge in [0.2, 0.25) is 0 Å². The van der Waals surface area contributed by atoms with Crippen molar-refractivity contribution in [2.45, 2.75) is 89.7 Å². The SMILES string of the molecule is CCNC(C1CCCCC1CC)C1(OC)CCCCC1. The Labute approximate surface area is 126 Å². The molecular weight excluding hydrogens is 246 g/mol. The zero-order valence-corrected chi connectivity index (χ0v) is 13.9. The molecule has 20 heavy (non-hydrogen) atoms. The van der Waals surface area contributed by atoms with E-state index in [0.29, 0.717) is 6.04 Å². The van der Waals surface area contributed by atoms with Gasteiger partial charge in [0.25, 0.3) is 0 Å². The largest absolute Gasteiger partial charge is 0.377 e. The summed E-state index contributed by atoms with van der Waals surface area (Å²) in [5.74, 6) is 1.73. The highest BCUT2D eigenvalue weighted by Crippen LogP contribution is 2.43. The minimum absolute atomic E-state index is 0.115. The average Bonchev–Trinajstić information content (AvgIpc) is 2.53. The number of ether oxygens (including phenoxy) is 1. The fraction of sp³-hybridized carbons (Fsp3) is 1.00. The Morgan fingerprint density at radius 2 is 1.75 bits per heavy atom. The van der Waals surface area contributed by atoms with Crippen LogP contribution in [0.4, 0.5) is 0 Å². The van der Waals surface area contributed by atoms with Gasteiger partial charge < -0.3 is 10.1 Å². The quantitative estimate of drug-likeness (QED) is 0.772. The smallest absolute Gasteiger partial charge is 0.0833 e. The second kappa shape index (κ2) is 7.79. The minimum atomic E-state index is 0.115. The van der Waals surface area contributed by atoms with Crippen LogP contribution < -0.4 is 5.32 Å². The molecule has 118 valence electrons. The average molecular weight is 281 g/mol. The van der Waals surface area contributed by atoms with Gasteiger partial charge in [0.1, 0.15) is 0 Å². The summed E-state index contributed by atoms with van der Waals surface area (Å²) in [6.45, 7) is 5.71. The Bertz CT molecular complexity index is 273. The van der Waals surface area contributed by atoms with E-state index in [1.807, 2.05) is 7.11 Å². The standard InChI is InChI=1S/C18H35NO/c1-4-15-11-7-8-12-16(15)17(19-5-2)18(20-3)13-9-6-10-14-18/h15-17,19H,4-14H2,1-3H3. The summed E-state index contributed by atoms with van der Waals surface area (Å²) in [5, 5.41) is 3.85. The molecule has 2 aliphatic carbocycles. The second-order valence-corrected chi connectivity index (χ2v) is 6.98. The molecular formula is C18H35NO. The Kier molecular flexibility index (Phi) is 6.35. The lowest BCUT2D eigenvalue weighted by Crippen LogP contribution is -2.58. The lowest BCUT2D eigenvalue weighted by molar-refractivity contribution is -0.0921. The molecule has 0 amide bonds. The zero-order chi connectivity index (χ0) is 14.4. The molecule has 1 N–H and O–H groups in total. The van der Waals surface area contributed by atoms with Gasteiger partial charge in [-0.2, -0.15) is 0 Å². The summed E-state index contributed by atoms with van der Waals surface area (Å²) < 4.78 is 6.18. The van der Waals surface area contributed by atoms with Gasteiger partial charge in [0.05, 0.1) is 5.60 Å². The van der Waals surface area contributed by atoms with Gasteiger partial charge in [-0.15, -0.1) is 0 Å². The molecule has 3 unspecified atom stereocenters. The summed E-state index contributed by atoms with van der Waals surface area (Å²) in [7, 11) is 1.96. The highest BCUT2D eigenvalue weighted by atomic mass is 16.5. The van der Waals surface area contributed by atoms with E-state index in [4.69, 9.17) is 4.74 Å². The van der Waals surface area contributed by atoms with E-state index >= 15 is 0 Å². The van der Waals surface area contributed by atoms with Crippen molar-refractivity contribution in [1.82, 2.24) is 5.32 Å². The van der Waals surface area contributed by atoms with Gasteiger partial charge in [0.15, 0.2) is 0 Å². The molecule has 2 aliphatic rings. The van der Waals surface area contributed by atoms with E-state index in [-0.39, 0.29) is 5.60 Å². The topological polar surface area (TPSA) is 21.3 Å².